The molecular weight excluding hydrogens is 307 g/mol. The van der Waals surface area contributed by atoms with E-state index in [-0.39, 0.29) is 17.4 Å². The van der Waals surface area contributed by atoms with Crippen LogP contribution in [0.1, 0.15) is 26.3 Å². The Balaban J connectivity index is 1.65. The molecule has 0 unspecified atom stereocenters. The molecular formula is C19H19FN2O2. The molecule has 1 aliphatic rings. The molecule has 1 fully saturated rings. The predicted octanol–water partition coefficient (Wildman–Crippen LogP) is 2.73. The van der Waals surface area contributed by atoms with E-state index >= 15 is 0 Å². The lowest BCUT2D eigenvalue weighted by molar-refractivity contribution is 0.0533. The van der Waals surface area contributed by atoms with Crippen molar-refractivity contribution in [3.63, 3.8) is 0 Å². The number of amides is 2. The Kier molecular flexibility index (Phi) is 4.60. The highest BCUT2D eigenvalue weighted by Gasteiger charge is 2.26. The van der Waals surface area contributed by atoms with Crippen LogP contribution in [0.2, 0.25) is 0 Å². The number of carbonyl (C=O) groups is 2. The van der Waals surface area contributed by atoms with Crippen LogP contribution in [0.4, 0.5) is 4.39 Å². The minimum absolute atomic E-state index is 0.0308. The van der Waals surface area contributed by atoms with Crippen LogP contribution in [0.15, 0.2) is 48.5 Å². The summed E-state index contributed by atoms with van der Waals surface area (Å²) in [6, 6.07) is 13.4. The van der Waals surface area contributed by atoms with Gasteiger partial charge in [-0.15, -0.1) is 0 Å². The summed E-state index contributed by atoms with van der Waals surface area (Å²) in [4.78, 5) is 28.2. The first-order valence-corrected chi connectivity index (χ1v) is 7.96. The Bertz CT molecular complexity index is 767. The maximum absolute atomic E-state index is 13.7. The van der Waals surface area contributed by atoms with E-state index in [2.05, 4.69) is 0 Å². The molecule has 2 amide bonds. The first kappa shape index (κ1) is 16.2. The lowest BCUT2D eigenvalue weighted by Crippen LogP contribution is -2.50. The number of piperazine rings is 1. The van der Waals surface area contributed by atoms with E-state index in [0.717, 1.165) is 5.56 Å². The zero-order chi connectivity index (χ0) is 17.1. The van der Waals surface area contributed by atoms with Crippen LogP contribution >= 0.6 is 0 Å². The van der Waals surface area contributed by atoms with Crippen LogP contribution in [-0.2, 0) is 0 Å². The highest BCUT2D eigenvalue weighted by Crippen LogP contribution is 2.14. The van der Waals surface area contributed by atoms with Gasteiger partial charge in [0.2, 0.25) is 0 Å². The molecule has 0 bridgehead atoms. The standard InChI is InChI=1S/C19H19FN2O2/c1-14-5-4-6-15(13-14)18(23)21-9-11-22(12-10-21)19(24)16-7-2-3-8-17(16)20/h2-8,13H,9-12H2,1H3. The Morgan fingerprint density at radius 1 is 0.875 bits per heavy atom. The second kappa shape index (κ2) is 6.83. The number of nitrogens with zero attached hydrogens (tertiary/aromatic N) is 2. The molecule has 1 heterocycles. The van der Waals surface area contributed by atoms with Gasteiger partial charge in [-0.05, 0) is 31.2 Å². The molecule has 1 saturated heterocycles. The summed E-state index contributed by atoms with van der Waals surface area (Å²) in [6.07, 6.45) is 0. The summed E-state index contributed by atoms with van der Waals surface area (Å²) < 4.78 is 13.7. The van der Waals surface area contributed by atoms with Gasteiger partial charge >= 0.3 is 0 Å². The van der Waals surface area contributed by atoms with Gasteiger partial charge in [0.15, 0.2) is 0 Å². The molecule has 2 aromatic carbocycles. The summed E-state index contributed by atoms with van der Waals surface area (Å²) in [5, 5.41) is 0. The molecule has 0 aliphatic carbocycles. The number of hydrogen-bond acceptors (Lipinski definition) is 2. The largest absolute Gasteiger partial charge is 0.335 e. The van der Waals surface area contributed by atoms with E-state index < -0.39 is 5.82 Å². The highest BCUT2D eigenvalue weighted by molar-refractivity contribution is 5.96. The molecule has 2 aromatic rings. The predicted molar refractivity (Wildman–Crippen MR) is 89.4 cm³/mol. The van der Waals surface area contributed by atoms with E-state index in [0.29, 0.717) is 31.7 Å². The number of aryl methyl sites for hydroxylation is 1. The van der Waals surface area contributed by atoms with Crippen LogP contribution in [0.3, 0.4) is 0 Å². The molecule has 0 radical (unpaired) electrons. The normalized spacial score (nSPS) is 14.6. The van der Waals surface area contributed by atoms with Gasteiger partial charge < -0.3 is 9.80 Å². The number of carbonyl (C=O) groups excluding carboxylic acids is 2. The van der Waals surface area contributed by atoms with Gasteiger partial charge in [0, 0.05) is 31.7 Å². The zero-order valence-electron chi connectivity index (χ0n) is 13.5. The van der Waals surface area contributed by atoms with Gasteiger partial charge in [-0.2, -0.15) is 0 Å². The zero-order valence-corrected chi connectivity index (χ0v) is 13.5. The Morgan fingerprint density at radius 2 is 1.50 bits per heavy atom. The molecule has 0 saturated carbocycles. The molecule has 0 spiro atoms. The number of hydrogen-bond donors (Lipinski definition) is 0. The molecule has 0 N–H and O–H groups in total. The van der Waals surface area contributed by atoms with Gasteiger partial charge in [-0.1, -0.05) is 29.8 Å². The first-order valence-electron chi connectivity index (χ1n) is 7.96. The number of halogens is 1. The smallest absolute Gasteiger partial charge is 0.256 e. The second-order valence-corrected chi connectivity index (χ2v) is 5.93. The van der Waals surface area contributed by atoms with Gasteiger partial charge in [-0.25, -0.2) is 4.39 Å². The van der Waals surface area contributed by atoms with Gasteiger partial charge in [-0.3, -0.25) is 9.59 Å². The van der Waals surface area contributed by atoms with Crippen molar-refractivity contribution in [3.8, 4) is 0 Å². The SMILES string of the molecule is Cc1cccc(C(=O)N2CCN(C(=O)c3ccccc3F)CC2)c1. The molecule has 4 nitrogen and oxygen atoms in total. The molecule has 124 valence electrons. The van der Waals surface area contributed by atoms with Crippen molar-refractivity contribution in [1.29, 1.82) is 0 Å². The third-order valence-electron chi connectivity index (χ3n) is 4.22. The van der Waals surface area contributed by atoms with Crippen molar-refractivity contribution in [2.75, 3.05) is 26.2 Å². The minimum atomic E-state index is -0.513. The van der Waals surface area contributed by atoms with Crippen LogP contribution < -0.4 is 0 Å². The highest BCUT2D eigenvalue weighted by atomic mass is 19.1. The average molecular weight is 326 g/mol. The Labute approximate surface area is 140 Å². The fraction of sp³-hybridized carbons (Fsp3) is 0.263. The summed E-state index contributed by atoms with van der Waals surface area (Å²) in [5.41, 5.74) is 1.77. The van der Waals surface area contributed by atoms with Crippen molar-refractivity contribution < 1.29 is 14.0 Å². The summed E-state index contributed by atoms with van der Waals surface area (Å²) in [6.45, 7) is 3.66. The van der Waals surface area contributed by atoms with Crippen molar-refractivity contribution in [2.45, 2.75) is 6.92 Å². The molecule has 3 rings (SSSR count). The van der Waals surface area contributed by atoms with E-state index in [1.54, 1.807) is 28.0 Å². The minimum Gasteiger partial charge on any atom is -0.335 e. The maximum atomic E-state index is 13.7. The summed E-state index contributed by atoms with van der Waals surface area (Å²) >= 11 is 0. The van der Waals surface area contributed by atoms with E-state index in [9.17, 15) is 14.0 Å². The number of rotatable bonds is 2. The van der Waals surface area contributed by atoms with Crippen molar-refractivity contribution in [2.24, 2.45) is 0 Å². The van der Waals surface area contributed by atoms with Crippen molar-refractivity contribution in [3.05, 3.63) is 71.0 Å². The fourth-order valence-corrected chi connectivity index (χ4v) is 2.88. The lowest BCUT2D eigenvalue weighted by Gasteiger charge is -2.35. The van der Waals surface area contributed by atoms with Gasteiger partial charge in [0.05, 0.1) is 5.56 Å². The molecule has 5 heteroatoms. The van der Waals surface area contributed by atoms with Gasteiger partial charge in [0.25, 0.3) is 11.8 Å². The van der Waals surface area contributed by atoms with Crippen LogP contribution in [0.25, 0.3) is 0 Å². The van der Waals surface area contributed by atoms with Crippen LogP contribution in [0.5, 0.6) is 0 Å². The van der Waals surface area contributed by atoms with Crippen molar-refractivity contribution in [1.82, 2.24) is 9.80 Å². The van der Waals surface area contributed by atoms with E-state index in [1.165, 1.54) is 12.1 Å². The molecule has 24 heavy (non-hydrogen) atoms. The van der Waals surface area contributed by atoms with Crippen LogP contribution in [0, 0.1) is 12.7 Å². The molecule has 0 aromatic heterocycles. The first-order chi connectivity index (χ1) is 11.6. The third kappa shape index (κ3) is 3.30. The fourth-order valence-electron chi connectivity index (χ4n) is 2.88. The van der Waals surface area contributed by atoms with E-state index in [4.69, 9.17) is 0 Å². The molecule has 0 atom stereocenters. The summed E-state index contributed by atoms with van der Waals surface area (Å²) in [5.74, 6) is -0.867. The topological polar surface area (TPSA) is 40.6 Å². The Hall–Kier alpha value is -2.69. The number of benzene rings is 2. The average Bonchev–Trinajstić information content (AvgIpc) is 2.61. The third-order valence-corrected chi connectivity index (χ3v) is 4.22. The van der Waals surface area contributed by atoms with Gasteiger partial charge in [0.1, 0.15) is 5.82 Å². The quantitative estimate of drug-likeness (QED) is 0.851. The second-order valence-electron chi connectivity index (χ2n) is 5.93. The summed E-state index contributed by atoms with van der Waals surface area (Å²) in [7, 11) is 0. The van der Waals surface area contributed by atoms with Crippen LogP contribution in [-0.4, -0.2) is 47.8 Å². The van der Waals surface area contributed by atoms with E-state index in [1.807, 2.05) is 25.1 Å². The molecule has 1 aliphatic heterocycles. The maximum Gasteiger partial charge on any atom is 0.256 e. The lowest BCUT2D eigenvalue weighted by atomic mass is 10.1. The van der Waals surface area contributed by atoms with Crippen molar-refractivity contribution >= 4 is 11.8 Å². The monoisotopic (exact) mass is 326 g/mol. The Morgan fingerprint density at radius 3 is 2.12 bits per heavy atom.